The standard InChI is InChI=1S/C27H24ClNO6/c1-4-35-22-12-16(7-9-21(22)31)24-23(25(32)17-6-5-14(2)15(3)11-17)26(33)27(34)29(24)19-13-18(28)8-10-20(19)30/h5-13,24,30-32H,4H2,1-3H3/b25-23+. The van der Waals surface area contributed by atoms with Gasteiger partial charge in [-0.25, -0.2) is 0 Å². The molecule has 7 nitrogen and oxygen atoms in total. The highest BCUT2D eigenvalue weighted by atomic mass is 35.5. The molecule has 0 bridgehead atoms. The van der Waals surface area contributed by atoms with E-state index in [0.29, 0.717) is 11.1 Å². The van der Waals surface area contributed by atoms with Crippen molar-refractivity contribution >= 4 is 34.7 Å². The topological polar surface area (TPSA) is 107 Å². The monoisotopic (exact) mass is 493 g/mol. The van der Waals surface area contributed by atoms with Crippen LogP contribution in [0.2, 0.25) is 5.02 Å². The van der Waals surface area contributed by atoms with Gasteiger partial charge in [0, 0.05) is 10.6 Å². The molecule has 3 aromatic rings. The number of phenols is 2. The molecule has 1 aliphatic rings. The van der Waals surface area contributed by atoms with Crippen molar-refractivity contribution in [3.63, 3.8) is 0 Å². The first-order chi connectivity index (χ1) is 16.6. The van der Waals surface area contributed by atoms with Gasteiger partial charge >= 0.3 is 0 Å². The van der Waals surface area contributed by atoms with Gasteiger partial charge in [0.25, 0.3) is 11.7 Å². The first-order valence-electron chi connectivity index (χ1n) is 11.0. The molecule has 3 aromatic carbocycles. The number of aryl methyl sites for hydroxylation is 2. The molecule has 0 aliphatic carbocycles. The summed E-state index contributed by atoms with van der Waals surface area (Å²) in [6.45, 7) is 5.82. The Bertz CT molecular complexity index is 1380. The molecule has 1 heterocycles. The summed E-state index contributed by atoms with van der Waals surface area (Å²) < 4.78 is 5.50. The lowest BCUT2D eigenvalue weighted by Gasteiger charge is -2.26. The molecule has 35 heavy (non-hydrogen) atoms. The normalized spacial score (nSPS) is 17.1. The van der Waals surface area contributed by atoms with E-state index in [0.717, 1.165) is 16.0 Å². The smallest absolute Gasteiger partial charge is 0.300 e. The van der Waals surface area contributed by atoms with E-state index in [2.05, 4.69) is 0 Å². The molecular weight excluding hydrogens is 470 g/mol. The summed E-state index contributed by atoms with van der Waals surface area (Å²) in [6, 6.07) is 12.6. The van der Waals surface area contributed by atoms with Crippen LogP contribution in [-0.2, 0) is 9.59 Å². The third kappa shape index (κ3) is 4.31. The average molecular weight is 494 g/mol. The van der Waals surface area contributed by atoms with Crippen LogP contribution >= 0.6 is 11.6 Å². The van der Waals surface area contributed by atoms with E-state index < -0.39 is 17.7 Å². The molecule has 1 saturated heterocycles. The number of Topliss-reactive ketones (excluding diaryl/α,β-unsaturated/α-hetero) is 1. The Kier molecular flexibility index (Phi) is 6.45. The van der Waals surface area contributed by atoms with Crippen LogP contribution in [-0.4, -0.2) is 33.6 Å². The number of ketones is 1. The van der Waals surface area contributed by atoms with Crippen LogP contribution in [0.4, 0.5) is 5.69 Å². The van der Waals surface area contributed by atoms with Crippen molar-refractivity contribution in [2.45, 2.75) is 26.8 Å². The summed E-state index contributed by atoms with van der Waals surface area (Å²) in [4.78, 5) is 27.7. The van der Waals surface area contributed by atoms with Gasteiger partial charge in [0.15, 0.2) is 11.5 Å². The summed E-state index contributed by atoms with van der Waals surface area (Å²) >= 11 is 6.14. The van der Waals surface area contributed by atoms with Crippen LogP contribution in [0.3, 0.4) is 0 Å². The van der Waals surface area contributed by atoms with Crippen molar-refractivity contribution in [1.82, 2.24) is 0 Å². The second-order valence-corrected chi connectivity index (χ2v) is 8.70. The zero-order valence-electron chi connectivity index (χ0n) is 19.4. The average Bonchev–Trinajstić information content (AvgIpc) is 3.09. The van der Waals surface area contributed by atoms with E-state index >= 15 is 0 Å². The highest BCUT2D eigenvalue weighted by Gasteiger charge is 2.48. The molecule has 1 aliphatic heterocycles. The van der Waals surface area contributed by atoms with Crippen LogP contribution in [0, 0.1) is 13.8 Å². The summed E-state index contributed by atoms with van der Waals surface area (Å²) in [5.74, 6) is -2.45. The molecule has 180 valence electrons. The van der Waals surface area contributed by atoms with Gasteiger partial charge in [0.1, 0.15) is 11.5 Å². The number of hydrogen-bond acceptors (Lipinski definition) is 6. The lowest BCUT2D eigenvalue weighted by Crippen LogP contribution is -2.29. The second kappa shape index (κ2) is 9.35. The van der Waals surface area contributed by atoms with Gasteiger partial charge in [0.05, 0.1) is 23.9 Å². The number of amides is 1. The van der Waals surface area contributed by atoms with E-state index in [1.807, 2.05) is 19.9 Å². The third-order valence-corrected chi connectivity index (χ3v) is 6.26. The SMILES string of the molecule is CCOc1cc(C2/C(=C(\O)c3ccc(C)c(C)c3)C(=O)C(=O)N2c2cc(Cl)ccc2O)ccc1O. The fourth-order valence-corrected chi connectivity index (χ4v) is 4.27. The molecule has 0 spiro atoms. The maximum atomic E-state index is 13.3. The van der Waals surface area contributed by atoms with Crippen molar-refractivity contribution < 1.29 is 29.6 Å². The Morgan fingerprint density at radius 3 is 2.37 bits per heavy atom. The number of rotatable bonds is 5. The van der Waals surface area contributed by atoms with Crippen LogP contribution in [0.25, 0.3) is 5.76 Å². The number of carbonyl (C=O) groups excluding carboxylic acids is 2. The van der Waals surface area contributed by atoms with Crippen molar-refractivity contribution in [3.8, 4) is 17.2 Å². The number of carbonyl (C=O) groups is 2. The third-order valence-electron chi connectivity index (χ3n) is 6.02. The molecule has 1 amide bonds. The quantitative estimate of drug-likeness (QED) is 0.250. The van der Waals surface area contributed by atoms with E-state index in [-0.39, 0.29) is 45.9 Å². The number of ether oxygens (including phenoxy) is 1. The molecular formula is C27H24ClNO6. The second-order valence-electron chi connectivity index (χ2n) is 8.26. The van der Waals surface area contributed by atoms with Gasteiger partial charge in [0.2, 0.25) is 0 Å². The molecule has 4 rings (SSSR count). The van der Waals surface area contributed by atoms with Crippen molar-refractivity contribution in [2.75, 3.05) is 11.5 Å². The number of aliphatic hydroxyl groups excluding tert-OH is 1. The molecule has 1 atom stereocenters. The number of halogens is 1. The minimum Gasteiger partial charge on any atom is -0.507 e. The van der Waals surface area contributed by atoms with E-state index in [4.69, 9.17) is 16.3 Å². The number of aromatic hydroxyl groups is 2. The highest BCUT2D eigenvalue weighted by molar-refractivity contribution is 6.52. The van der Waals surface area contributed by atoms with Crippen LogP contribution in [0.1, 0.15) is 35.2 Å². The zero-order chi connectivity index (χ0) is 25.4. The number of hydrogen-bond donors (Lipinski definition) is 3. The molecule has 0 radical (unpaired) electrons. The minimum absolute atomic E-state index is 0.00905. The maximum Gasteiger partial charge on any atom is 0.300 e. The molecule has 1 fully saturated rings. The van der Waals surface area contributed by atoms with Gasteiger partial charge in [-0.2, -0.15) is 0 Å². The van der Waals surface area contributed by atoms with E-state index in [9.17, 15) is 24.9 Å². The van der Waals surface area contributed by atoms with Gasteiger partial charge in [-0.3, -0.25) is 14.5 Å². The van der Waals surface area contributed by atoms with Gasteiger partial charge < -0.3 is 20.1 Å². The summed E-state index contributed by atoms with van der Waals surface area (Å²) in [5.41, 5.74) is 2.50. The summed E-state index contributed by atoms with van der Waals surface area (Å²) in [7, 11) is 0. The first kappa shape index (κ1) is 24.2. The fourth-order valence-electron chi connectivity index (χ4n) is 4.10. The van der Waals surface area contributed by atoms with E-state index in [1.165, 1.54) is 36.4 Å². The molecule has 1 unspecified atom stereocenters. The molecule has 3 N–H and O–H groups in total. The summed E-state index contributed by atoms with van der Waals surface area (Å²) in [6.07, 6.45) is 0. The predicted molar refractivity (Wildman–Crippen MR) is 133 cm³/mol. The Hall–Kier alpha value is -3.97. The molecule has 8 heteroatoms. The van der Waals surface area contributed by atoms with E-state index in [1.54, 1.807) is 19.1 Å². The van der Waals surface area contributed by atoms with Gasteiger partial charge in [-0.05, 0) is 73.9 Å². The number of nitrogens with zero attached hydrogens (tertiary/aromatic N) is 1. The van der Waals surface area contributed by atoms with Gasteiger partial charge in [-0.15, -0.1) is 0 Å². The van der Waals surface area contributed by atoms with Crippen molar-refractivity contribution in [2.24, 2.45) is 0 Å². The lowest BCUT2D eigenvalue weighted by atomic mass is 9.94. The minimum atomic E-state index is -1.12. The number of aliphatic hydroxyl groups is 1. The predicted octanol–water partition coefficient (Wildman–Crippen LogP) is 5.39. The Morgan fingerprint density at radius 2 is 1.69 bits per heavy atom. The number of anilines is 1. The Morgan fingerprint density at radius 1 is 0.971 bits per heavy atom. The lowest BCUT2D eigenvalue weighted by molar-refractivity contribution is -0.132. The van der Waals surface area contributed by atoms with Crippen molar-refractivity contribution in [3.05, 3.63) is 87.4 Å². The molecule has 0 saturated carbocycles. The summed E-state index contributed by atoms with van der Waals surface area (Å²) in [5, 5.41) is 32.3. The number of benzene rings is 3. The van der Waals surface area contributed by atoms with Crippen LogP contribution in [0.15, 0.2) is 60.2 Å². The van der Waals surface area contributed by atoms with Crippen molar-refractivity contribution in [1.29, 1.82) is 0 Å². The largest absolute Gasteiger partial charge is 0.507 e. The maximum absolute atomic E-state index is 13.3. The first-order valence-corrected chi connectivity index (χ1v) is 11.3. The fraction of sp³-hybridized carbons (Fsp3) is 0.185. The van der Waals surface area contributed by atoms with Gasteiger partial charge in [-0.1, -0.05) is 29.8 Å². The van der Waals surface area contributed by atoms with Crippen LogP contribution < -0.4 is 9.64 Å². The number of phenolic OH excluding ortho intramolecular Hbond substituents is 2. The molecule has 0 aromatic heterocycles. The van der Waals surface area contributed by atoms with Crippen LogP contribution in [0.5, 0.6) is 17.2 Å². The Labute approximate surface area is 207 Å². The highest BCUT2D eigenvalue weighted by Crippen LogP contribution is 2.46. The Balaban J connectivity index is 2.00. The zero-order valence-corrected chi connectivity index (χ0v) is 20.1.